The smallest absolute Gasteiger partial charge is 0.222 e. The molecule has 3 aromatic rings. The highest BCUT2D eigenvalue weighted by molar-refractivity contribution is 5.76. The van der Waals surface area contributed by atoms with Crippen molar-refractivity contribution in [2.24, 2.45) is 0 Å². The second-order valence-corrected chi connectivity index (χ2v) is 8.12. The molecule has 4 heteroatoms. The maximum absolute atomic E-state index is 12.9. The van der Waals surface area contributed by atoms with E-state index in [0.29, 0.717) is 26.1 Å². The van der Waals surface area contributed by atoms with Crippen LogP contribution in [0.4, 0.5) is 0 Å². The Bertz CT molecular complexity index is 911. The van der Waals surface area contributed by atoms with Gasteiger partial charge < -0.3 is 9.64 Å². The first-order valence-corrected chi connectivity index (χ1v) is 11.7. The molecule has 0 radical (unpaired) electrons. The lowest BCUT2D eigenvalue weighted by molar-refractivity contribution is -0.131. The highest BCUT2D eigenvalue weighted by Gasteiger charge is 2.14. The van der Waals surface area contributed by atoms with Crippen LogP contribution < -0.4 is 4.74 Å². The molecule has 0 bridgehead atoms. The van der Waals surface area contributed by atoms with E-state index in [2.05, 4.69) is 36.2 Å². The summed E-state index contributed by atoms with van der Waals surface area (Å²) in [5, 5.41) is 0. The maximum atomic E-state index is 12.9. The average molecular weight is 431 g/mol. The van der Waals surface area contributed by atoms with Crippen LogP contribution in [0.15, 0.2) is 79.0 Å². The summed E-state index contributed by atoms with van der Waals surface area (Å²) in [5.41, 5.74) is 3.27. The molecular formula is C28H34N2O2. The number of benzene rings is 2. The van der Waals surface area contributed by atoms with Crippen molar-refractivity contribution in [3.05, 3.63) is 95.8 Å². The van der Waals surface area contributed by atoms with E-state index in [0.717, 1.165) is 41.8 Å². The third-order valence-corrected chi connectivity index (χ3v) is 5.51. The van der Waals surface area contributed by atoms with Crippen molar-refractivity contribution in [3.8, 4) is 5.75 Å². The Hall–Kier alpha value is -3.14. The highest BCUT2D eigenvalue weighted by Crippen LogP contribution is 2.17. The summed E-state index contributed by atoms with van der Waals surface area (Å²) in [6.45, 7) is 4.02. The monoisotopic (exact) mass is 430 g/mol. The van der Waals surface area contributed by atoms with Crippen molar-refractivity contribution in [2.45, 2.75) is 58.6 Å². The second kappa shape index (κ2) is 13.3. The van der Waals surface area contributed by atoms with Crippen LogP contribution in [0.1, 0.15) is 55.8 Å². The maximum Gasteiger partial charge on any atom is 0.222 e. The lowest BCUT2D eigenvalue weighted by Gasteiger charge is -2.23. The molecular weight excluding hydrogens is 396 g/mol. The van der Waals surface area contributed by atoms with Gasteiger partial charge in [0.15, 0.2) is 0 Å². The summed E-state index contributed by atoms with van der Waals surface area (Å²) in [5.74, 6) is 1.06. The predicted octanol–water partition coefficient (Wildman–Crippen LogP) is 6.20. The number of aromatic nitrogens is 1. The molecule has 168 valence electrons. The zero-order valence-electron chi connectivity index (χ0n) is 19.1. The zero-order chi connectivity index (χ0) is 22.4. The Balaban J connectivity index is 1.57. The first kappa shape index (κ1) is 23.5. The van der Waals surface area contributed by atoms with E-state index in [9.17, 15) is 4.79 Å². The fraction of sp³-hybridized carbons (Fsp3) is 0.357. The first-order valence-electron chi connectivity index (χ1n) is 11.7. The number of ether oxygens (including phenoxy) is 1. The average Bonchev–Trinajstić information content (AvgIpc) is 2.85. The van der Waals surface area contributed by atoms with Crippen molar-refractivity contribution < 1.29 is 9.53 Å². The molecule has 0 unspecified atom stereocenters. The molecule has 0 saturated heterocycles. The number of hydrogen-bond donors (Lipinski definition) is 0. The van der Waals surface area contributed by atoms with Crippen LogP contribution in [0, 0.1) is 0 Å². The third kappa shape index (κ3) is 8.18. The number of amides is 1. The third-order valence-electron chi connectivity index (χ3n) is 5.51. The van der Waals surface area contributed by atoms with Gasteiger partial charge in [0.2, 0.25) is 5.91 Å². The number of nitrogens with zero attached hydrogens (tertiary/aromatic N) is 2. The summed E-state index contributed by atoms with van der Waals surface area (Å²) in [7, 11) is 0. The van der Waals surface area contributed by atoms with Crippen LogP contribution in [0.25, 0.3) is 0 Å². The highest BCUT2D eigenvalue weighted by atomic mass is 16.5. The van der Waals surface area contributed by atoms with Crippen LogP contribution in [-0.4, -0.2) is 22.3 Å². The number of hydrogen-bond acceptors (Lipinski definition) is 3. The van der Waals surface area contributed by atoms with Gasteiger partial charge in [-0.05, 0) is 41.8 Å². The van der Waals surface area contributed by atoms with E-state index in [-0.39, 0.29) is 5.91 Å². The molecule has 1 aromatic heterocycles. The molecule has 0 aliphatic heterocycles. The van der Waals surface area contributed by atoms with Gasteiger partial charge in [-0.2, -0.15) is 0 Å². The van der Waals surface area contributed by atoms with Crippen molar-refractivity contribution in [1.29, 1.82) is 0 Å². The van der Waals surface area contributed by atoms with Crippen LogP contribution in [-0.2, 0) is 24.4 Å². The molecule has 0 atom stereocenters. The minimum absolute atomic E-state index is 0.224. The summed E-state index contributed by atoms with van der Waals surface area (Å²) < 4.78 is 5.89. The quantitative estimate of drug-likeness (QED) is 0.303. The number of carbonyl (C=O) groups is 1. The van der Waals surface area contributed by atoms with E-state index in [1.54, 1.807) is 6.20 Å². The van der Waals surface area contributed by atoms with E-state index < -0.39 is 0 Å². The molecule has 0 fully saturated rings. The molecule has 0 aliphatic rings. The Morgan fingerprint density at radius 2 is 1.66 bits per heavy atom. The second-order valence-electron chi connectivity index (χ2n) is 8.12. The Morgan fingerprint density at radius 1 is 0.875 bits per heavy atom. The van der Waals surface area contributed by atoms with Gasteiger partial charge in [0.25, 0.3) is 0 Å². The standard InChI is InChI=1S/C28H34N2O2/c1-2-3-4-8-14-28(31)30(21-19-26-13-9-10-20-29-26)22-24-15-17-27(18-16-24)32-23-25-11-6-5-7-12-25/h5-7,9-13,15-18,20H,2-4,8,14,19,21-23H2,1H3. The van der Waals surface area contributed by atoms with Gasteiger partial charge in [-0.25, -0.2) is 0 Å². The summed E-state index contributed by atoms with van der Waals surface area (Å²) >= 11 is 0. The van der Waals surface area contributed by atoms with Crippen molar-refractivity contribution in [1.82, 2.24) is 9.88 Å². The minimum atomic E-state index is 0.224. The van der Waals surface area contributed by atoms with Gasteiger partial charge in [0.1, 0.15) is 12.4 Å². The number of rotatable bonds is 13. The fourth-order valence-corrected chi connectivity index (χ4v) is 3.60. The SMILES string of the molecule is CCCCCCC(=O)N(CCc1ccccn1)Cc1ccc(OCc2ccccc2)cc1. The minimum Gasteiger partial charge on any atom is -0.489 e. The van der Waals surface area contributed by atoms with Crippen LogP contribution in [0.5, 0.6) is 5.75 Å². The van der Waals surface area contributed by atoms with Crippen LogP contribution in [0.2, 0.25) is 0 Å². The van der Waals surface area contributed by atoms with Gasteiger partial charge in [-0.3, -0.25) is 9.78 Å². The first-order chi connectivity index (χ1) is 15.7. The van der Waals surface area contributed by atoms with Crippen molar-refractivity contribution in [2.75, 3.05) is 6.54 Å². The topological polar surface area (TPSA) is 42.4 Å². The lowest BCUT2D eigenvalue weighted by atomic mass is 10.1. The van der Waals surface area contributed by atoms with Gasteiger partial charge in [0.05, 0.1) is 0 Å². The van der Waals surface area contributed by atoms with Crippen LogP contribution in [0.3, 0.4) is 0 Å². The normalized spacial score (nSPS) is 10.7. The lowest BCUT2D eigenvalue weighted by Crippen LogP contribution is -2.32. The number of unbranched alkanes of at least 4 members (excludes halogenated alkanes) is 3. The molecule has 0 aliphatic carbocycles. The molecule has 1 amide bonds. The summed E-state index contributed by atoms with van der Waals surface area (Å²) in [6.07, 6.45) is 7.62. The largest absolute Gasteiger partial charge is 0.489 e. The van der Waals surface area contributed by atoms with Crippen molar-refractivity contribution >= 4 is 5.91 Å². The number of carbonyl (C=O) groups excluding carboxylic acids is 1. The fourth-order valence-electron chi connectivity index (χ4n) is 3.60. The van der Waals surface area contributed by atoms with Crippen LogP contribution >= 0.6 is 0 Å². The summed E-state index contributed by atoms with van der Waals surface area (Å²) in [6, 6.07) is 24.2. The molecule has 0 spiro atoms. The van der Waals surface area contributed by atoms with Gasteiger partial charge in [-0.1, -0.05) is 74.7 Å². The van der Waals surface area contributed by atoms with E-state index in [4.69, 9.17) is 4.74 Å². The molecule has 4 nitrogen and oxygen atoms in total. The Labute approximate surface area is 192 Å². The molecule has 0 saturated carbocycles. The molecule has 1 heterocycles. The molecule has 32 heavy (non-hydrogen) atoms. The predicted molar refractivity (Wildman–Crippen MR) is 129 cm³/mol. The zero-order valence-corrected chi connectivity index (χ0v) is 19.1. The molecule has 0 N–H and O–H groups in total. The Morgan fingerprint density at radius 3 is 2.38 bits per heavy atom. The molecule has 2 aromatic carbocycles. The van der Waals surface area contributed by atoms with Gasteiger partial charge in [0, 0.05) is 37.8 Å². The van der Waals surface area contributed by atoms with E-state index >= 15 is 0 Å². The van der Waals surface area contributed by atoms with E-state index in [1.807, 2.05) is 53.4 Å². The Kier molecular flexibility index (Phi) is 9.78. The molecule has 3 rings (SSSR count). The van der Waals surface area contributed by atoms with Gasteiger partial charge in [-0.15, -0.1) is 0 Å². The number of pyridine rings is 1. The van der Waals surface area contributed by atoms with Crippen molar-refractivity contribution in [3.63, 3.8) is 0 Å². The summed E-state index contributed by atoms with van der Waals surface area (Å²) in [4.78, 5) is 19.3. The van der Waals surface area contributed by atoms with E-state index in [1.165, 1.54) is 12.8 Å². The van der Waals surface area contributed by atoms with Gasteiger partial charge >= 0.3 is 0 Å².